The lowest BCUT2D eigenvalue weighted by Gasteiger charge is -2.32. The molecule has 0 radical (unpaired) electrons. The van der Waals surface area contributed by atoms with Gasteiger partial charge in [0.2, 0.25) is 0 Å². The zero-order valence-corrected chi connectivity index (χ0v) is 16.6. The molecule has 0 aromatic heterocycles. The molecule has 1 nitrogen and oxygen atoms in total. The van der Waals surface area contributed by atoms with Crippen LogP contribution in [0.25, 0.3) is 0 Å². The molecular formula is C25H34FN. The van der Waals surface area contributed by atoms with Gasteiger partial charge in [-0.25, -0.2) is 4.39 Å². The standard InChI is InChI=1S/C25H34FN/c26-18-2-1-3-20-4-6-21(7-5-20)8-9-22-10-14-24(15-11-22)25-16-12-23(19-27)13-17-25/h2,12-13,16-18,20-22,24H,1,3-11,14-15H2/b18-2+. The predicted octanol–water partition coefficient (Wildman–Crippen LogP) is 7.68. The van der Waals surface area contributed by atoms with Crippen LogP contribution in [-0.2, 0) is 0 Å². The molecule has 0 aliphatic heterocycles. The van der Waals surface area contributed by atoms with Crippen LogP contribution in [0.2, 0.25) is 0 Å². The van der Waals surface area contributed by atoms with Gasteiger partial charge in [-0.2, -0.15) is 5.26 Å². The van der Waals surface area contributed by atoms with Crippen LogP contribution < -0.4 is 0 Å². The maximum atomic E-state index is 12.0. The van der Waals surface area contributed by atoms with Crippen LogP contribution in [0.4, 0.5) is 4.39 Å². The van der Waals surface area contributed by atoms with Gasteiger partial charge >= 0.3 is 0 Å². The average molecular weight is 368 g/mol. The number of allylic oxidation sites excluding steroid dienone is 1. The van der Waals surface area contributed by atoms with Gasteiger partial charge in [-0.1, -0.05) is 56.7 Å². The number of benzene rings is 1. The van der Waals surface area contributed by atoms with Crippen LogP contribution in [0.1, 0.15) is 94.1 Å². The summed E-state index contributed by atoms with van der Waals surface area (Å²) in [6.45, 7) is 0. The number of hydrogen-bond acceptors (Lipinski definition) is 1. The summed E-state index contributed by atoms with van der Waals surface area (Å²) in [6, 6.07) is 10.5. The van der Waals surface area contributed by atoms with Crippen molar-refractivity contribution < 1.29 is 4.39 Å². The highest BCUT2D eigenvalue weighted by atomic mass is 19.1. The Labute approximate surface area is 164 Å². The normalized spacial score (nSPS) is 28.9. The lowest BCUT2D eigenvalue weighted by atomic mass is 9.74. The quantitative estimate of drug-likeness (QED) is 0.485. The number of nitriles is 1. The summed E-state index contributed by atoms with van der Waals surface area (Å²) in [6.07, 6.45) is 18.1. The summed E-state index contributed by atoms with van der Waals surface area (Å²) >= 11 is 0. The van der Waals surface area contributed by atoms with E-state index in [9.17, 15) is 4.39 Å². The van der Waals surface area contributed by atoms with E-state index in [0.29, 0.717) is 12.2 Å². The molecule has 3 rings (SSSR count). The van der Waals surface area contributed by atoms with Crippen molar-refractivity contribution in [2.75, 3.05) is 0 Å². The molecule has 2 aliphatic rings. The van der Waals surface area contributed by atoms with E-state index in [2.05, 4.69) is 18.2 Å². The molecule has 27 heavy (non-hydrogen) atoms. The molecule has 2 saturated carbocycles. The summed E-state index contributed by atoms with van der Waals surface area (Å²) in [5.41, 5.74) is 2.19. The largest absolute Gasteiger partial charge is 0.216 e. The summed E-state index contributed by atoms with van der Waals surface area (Å²) < 4.78 is 12.0. The van der Waals surface area contributed by atoms with E-state index in [1.54, 1.807) is 6.08 Å². The van der Waals surface area contributed by atoms with Gasteiger partial charge in [-0.3, -0.25) is 0 Å². The fourth-order valence-corrected chi connectivity index (χ4v) is 5.29. The van der Waals surface area contributed by atoms with Crippen molar-refractivity contribution in [3.63, 3.8) is 0 Å². The summed E-state index contributed by atoms with van der Waals surface area (Å²) in [4.78, 5) is 0. The van der Waals surface area contributed by atoms with Crippen LogP contribution in [-0.4, -0.2) is 0 Å². The van der Waals surface area contributed by atoms with Gasteiger partial charge in [-0.05, 0) is 79.9 Å². The van der Waals surface area contributed by atoms with Crippen LogP contribution in [0, 0.1) is 29.1 Å². The Hall–Kier alpha value is -1.62. The Morgan fingerprint density at radius 2 is 1.33 bits per heavy atom. The average Bonchev–Trinajstić information content (AvgIpc) is 2.74. The van der Waals surface area contributed by atoms with E-state index in [1.807, 2.05) is 12.1 Å². The summed E-state index contributed by atoms with van der Waals surface area (Å²) in [7, 11) is 0. The third kappa shape index (κ3) is 6.20. The van der Waals surface area contributed by atoms with Gasteiger partial charge in [0.05, 0.1) is 18.0 Å². The minimum atomic E-state index is 0.696. The van der Waals surface area contributed by atoms with Gasteiger partial charge in [0.25, 0.3) is 0 Å². The summed E-state index contributed by atoms with van der Waals surface area (Å²) in [5.74, 6) is 3.39. The molecule has 2 heteroatoms. The van der Waals surface area contributed by atoms with E-state index in [1.165, 1.54) is 76.2 Å². The summed E-state index contributed by atoms with van der Waals surface area (Å²) in [5, 5.41) is 8.94. The number of nitrogens with zero attached hydrogens (tertiary/aromatic N) is 1. The van der Waals surface area contributed by atoms with Crippen molar-refractivity contribution in [1.82, 2.24) is 0 Å². The Bertz CT molecular complexity index is 611. The number of rotatable bonds is 7. The zero-order chi connectivity index (χ0) is 18.9. The molecular weight excluding hydrogens is 333 g/mol. The number of halogens is 1. The van der Waals surface area contributed by atoms with E-state index >= 15 is 0 Å². The Morgan fingerprint density at radius 3 is 1.85 bits per heavy atom. The minimum Gasteiger partial charge on any atom is -0.216 e. The molecule has 0 heterocycles. The minimum absolute atomic E-state index is 0.696. The first kappa shape index (κ1) is 20.1. The monoisotopic (exact) mass is 367 g/mol. The molecule has 1 aromatic rings. The Balaban J connectivity index is 1.32. The maximum Gasteiger partial charge on any atom is 0.0991 e. The molecule has 146 valence electrons. The van der Waals surface area contributed by atoms with Gasteiger partial charge in [0.1, 0.15) is 0 Å². The Morgan fingerprint density at radius 1 is 0.815 bits per heavy atom. The topological polar surface area (TPSA) is 23.8 Å². The molecule has 0 N–H and O–H groups in total. The molecule has 0 amide bonds. The van der Waals surface area contributed by atoms with E-state index in [-0.39, 0.29) is 0 Å². The molecule has 0 atom stereocenters. The van der Waals surface area contributed by atoms with Crippen molar-refractivity contribution in [3.05, 3.63) is 47.8 Å². The molecule has 2 aliphatic carbocycles. The fraction of sp³-hybridized carbons (Fsp3) is 0.640. The fourth-order valence-electron chi connectivity index (χ4n) is 5.29. The molecule has 2 fully saturated rings. The van der Waals surface area contributed by atoms with Crippen LogP contribution in [0.5, 0.6) is 0 Å². The van der Waals surface area contributed by atoms with E-state index < -0.39 is 0 Å². The van der Waals surface area contributed by atoms with Crippen LogP contribution >= 0.6 is 0 Å². The Kier molecular flexibility index (Phi) is 7.93. The second-order valence-corrected chi connectivity index (χ2v) is 8.85. The second-order valence-electron chi connectivity index (χ2n) is 8.85. The highest BCUT2D eigenvalue weighted by molar-refractivity contribution is 5.33. The lowest BCUT2D eigenvalue weighted by Crippen LogP contribution is -2.17. The van der Waals surface area contributed by atoms with Crippen molar-refractivity contribution >= 4 is 0 Å². The molecule has 0 unspecified atom stereocenters. The van der Waals surface area contributed by atoms with Gasteiger partial charge in [0.15, 0.2) is 0 Å². The van der Waals surface area contributed by atoms with E-state index in [4.69, 9.17) is 5.26 Å². The molecule has 0 saturated heterocycles. The van der Waals surface area contributed by atoms with Crippen molar-refractivity contribution in [3.8, 4) is 6.07 Å². The van der Waals surface area contributed by atoms with Gasteiger partial charge in [-0.15, -0.1) is 0 Å². The molecule has 0 bridgehead atoms. The third-order valence-corrected chi connectivity index (χ3v) is 7.14. The molecule has 0 spiro atoms. The third-order valence-electron chi connectivity index (χ3n) is 7.14. The first-order chi connectivity index (χ1) is 13.3. The first-order valence-corrected chi connectivity index (χ1v) is 11.0. The van der Waals surface area contributed by atoms with Crippen molar-refractivity contribution in [1.29, 1.82) is 5.26 Å². The first-order valence-electron chi connectivity index (χ1n) is 11.0. The highest BCUT2D eigenvalue weighted by Crippen LogP contribution is 2.40. The molecule has 1 aromatic carbocycles. The number of hydrogen-bond donors (Lipinski definition) is 0. The van der Waals surface area contributed by atoms with Crippen molar-refractivity contribution in [2.24, 2.45) is 17.8 Å². The zero-order valence-electron chi connectivity index (χ0n) is 16.6. The second kappa shape index (κ2) is 10.6. The van der Waals surface area contributed by atoms with Crippen molar-refractivity contribution in [2.45, 2.75) is 83.0 Å². The van der Waals surface area contributed by atoms with E-state index in [0.717, 1.165) is 29.7 Å². The van der Waals surface area contributed by atoms with Gasteiger partial charge < -0.3 is 0 Å². The predicted molar refractivity (Wildman–Crippen MR) is 110 cm³/mol. The van der Waals surface area contributed by atoms with Crippen LogP contribution in [0.3, 0.4) is 0 Å². The SMILES string of the molecule is N#Cc1ccc(C2CCC(CCC3CCC(CC/C=C/F)CC3)CC2)cc1. The maximum absolute atomic E-state index is 12.0. The van der Waals surface area contributed by atoms with Crippen LogP contribution in [0.15, 0.2) is 36.7 Å². The highest BCUT2D eigenvalue weighted by Gasteiger charge is 2.25. The lowest BCUT2D eigenvalue weighted by molar-refractivity contribution is 0.225. The van der Waals surface area contributed by atoms with Gasteiger partial charge in [0, 0.05) is 0 Å². The smallest absolute Gasteiger partial charge is 0.0991 e.